The molecule has 0 saturated heterocycles. The van der Waals surface area contributed by atoms with Gasteiger partial charge in [0.15, 0.2) is 0 Å². The number of unbranched alkanes of at least 4 members (excludes halogenated alkanes) is 52. The molecule has 0 aliphatic rings. The third kappa shape index (κ3) is 68.1. The molecule has 0 aromatic rings. The summed E-state index contributed by atoms with van der Waals surface area (Å²) in [5, 5.41) is 14.0. The van der Waals surface area contributed by atoms with Crippen molar-refractivity contribution in [3.8, 4) is 0 Å². The van der Waals surface area contributed by atoms with Gasteiger partial charge in [-0.2, -0.15) is 0 Å². The Morgan fingerprint density at radius 1 is 0.398 bits per heavy atom. The van der Waals surface area contributed by atoms with Crippen LogP contribution in [0.25, 0.3) is 0 Å². The Hall–Kier alpha value is -1.28. The lowest BCUT2D eigenvalue weighted by Gasteiger charge is -2.25. The van der Waals surface area contributed by atoms with Gasteiger partial charge in [-0.25, -0.2) is 4.57 Å². The number of phosphoric acid groups is 1. The van der Waals surface area contributed by atoms with Crippen LogP contribution in [-0.2, 0) is 18.4 Å². The average molecular weight is 1190 g/mol. The van der Waals surface area contributed by atoms with E-state index in [1.54, 1.807) is 6.08 Å². The fraction of sp³-hybridized carbons (Fsp3) is 0.905. The number of amides is 1. The molecule has 0 bridgehead atoms. The van der Waals surface area contributed by atoms with Crippen LogP contribution in [0.3, 0.4) is 0 Å². The molecule has 3 N–H and O–H groups in total. The largest absolute Gasteiger partial charge is 0.472 e. The van der Waals surface area contributed by atoms with Crippen LogP contribution in [0.1, 0.15) is 380 Å². The molecule has 0 fully saturated rings. The Bertz CT molecular complexity index is 1450. The van der Waals surface area contributed by atoms with Crippen LogP contribution < -0.4 is 5.32 Å². The molecule has 0 aromatic heterocycles. The van der Waals surface area contributed by atoms with Gasteiger partial charge >= 0.3 is 7.82 Å². The normalized spacial score (nSPS) is 13.8. The molecule has 0 heterocycles. The van der Waals surface area contributed by atoms with Crippen molar-refractivity contribution in [2.24, 2.45) is 0 Å². The second-order valence-electron chi connectivity index (χ2n) is 26.7. The number of aliphatic hydroxyl groups excluding tert-OH is 1. The number of phosphoric ester groups is 1. The SMILES string of the molecule is CCCCCCCCCC/C=C\CCCCCCCCCCCCCCCCCCCCCCCCCCCC(=O)NC(COP(=O)(O)OCC[N+](C)(C)C)C(O)/C=C/CC/C=C/CCCCCCCCCCCCCCCCCCCC. The number of nitrogens with zero attached hydrogens (tertiary/aromatic N) is 1. The molecule has 0 aliphatic carbocycles. The molecule has 0 spiro atoms. The van der Waals surface area contributed by atoms with E-state index < -0.39 is 20.0 Å². The van der Waals surface area contributed by atoms with Gasteiger partial charge in [0.25, 0.3) is 0 Å². The summed E-state index contributed by atoms with van der Waals surface area (Å²) >= 11 is 0. The van der Waals surface area contributed by atoms with Crippen molar-refractivity contribution in [3.63, 3.8) is 0 Å². The standard InChI is InChI=1S/C74H145N2O6P/c1-6-8-10-12-14-16-18-20-22-24-26-28-30-32-33-34-35-36-37-38-39-40-41-42-43-44-46-48-50-52-54-56-58-60-62-64-66-68-74(78)75-72(71-82-83(79,80)81-70-69-76(3,4)5)73(77)67-65-63-61-59-57-55-53-51-49-47-45-31-29-27-25-23-21-19-17-15-13-11-9-7-2/h24,26,57,59,65,67,72-73,77H,6-23,25,27-56,58,60-64,66,68-71H2,1-5H3,(H-,75,78,79,80)/p+1/b26-24-,59-57+,67-65+. The lowest BCUT2D eigenvalue weighted by atomic mass is 10.0. The first-order chi connectivity index (χ1) is 40.5. The highest BCUT2D eigenvalue weighted by molar-refractivity contribution is 7.47. The van der Waals surface area contributed by atoms with Crippen molar-refractivity contribution in [2.45, 2.75) is 392 Å². The molecule has 8 nitrogen and oxygen atoms in total. The molecule has 9 heteroatoms. The molecule has 83 heavy (non-hydrogen) atoms. The third-order valence-corrected chi connectivity index (χ3v) is 18.1. The maximum absolute atomic E-state index is 13.1. The summed E-state index contributed by atoms with van der Waals surface area (Å²) in [6, 6.07) is -0.863. The first kappa shape index (κ1) is 81.7. The van der Waals surface area contributed by atoms with Crippen LogP contribution in [0.2, 0.25) is 0 Å². The Kier molecular flexibility index (Phi) is 64.2. The van der Waals surface area contributed by atoms with Crippen molar-refractivity contribution < 1.29 is 32.9 Å². The summed E-state index contributed by atoms with van der Waals surface area (Å²) in [5.74, 6) is -0.178. The predicted octanol–water partition coefficient (Wildman–Crippen LogP) is 23.6. The number of aliphatic hydroxyl groups is 1. The highest BCUT2D eigenvalue weighted by Gasteiger charge is 2.28. The molecule has 0 radical (unpaired) electrons. The molecule has 3 atom stereocenters. The van der Waals surface area contributed by atoms with E-state index in [1.165, 1.54) is 321 Å². The number of carbonyl (C=O) groups excluding carboxylic acids is 1. The summed E-state index contributed by atoms with van der Waals surface area (Å²) in [6.45, 7) is 4.85. The van der Waals surface area contributed by atoms with Gasteiger partial charge < -0.3 is 19.8 Å². The minimum absolute atomic E-state index is 0.0584. The summed E-state index contributed by atoms with van der Waals surface area (Å²) in [7, 11) is 1.57. The van der Waals surface area contributed by atoms with Crippen LogP contribution in [0.5, 0.6) is 0 Å². The lowest BCUT2D eigenvalue weighted by molar-refractivity contribution is -0.870. The number of hydrogen-bond acceptors (Lipinski definition) is 5. The number of nitrogens with one attached hydrogen (secondary N) is 1. The number of hydrogen-bond donors (Lipinski definition) is 3. The van der Waals surface area contributed by atoms with Crippen LogP contribution in [0, 0.1) is 0 Å². The summed E-state index contributed by atoms with van der Waals surface area (Å²) in [5.41, 5.74) is 0. The Morgan fingerprint density at radius 2 is 0.663 bits per heavy atom. The highest BCUT2D eigenvalue weighted by atomic mass is 31.2. The molecule has 0 saturated carbocycles. The number of rotatable bonds is 69. The zero-order chi connectivity index (χ0) is 60.5. The van der Waals surface area contributed by atoms with Gasteiger partial charge in [0.2, 0.25) is 5.91 Å². The molecule has 0 aliphatic heterocycles. The topological polar surface area (TPSA) is 105 Å². The summed E-state index contributed by atoms with van der Waals surface area (Å²) < 4.78 is 23.8. The van der Waals surface area contributed by atoms with E-state index >= 15 is 0 Å². The molecular formula is C74H146N2O6P+. The number of carbonyl (C=O) groups is 1. The lowest BCUT2D eigenvalue weighted by Crippen LogP contribution is -2.45. The van der Waals surface area contributed by atoms with Gasteiger partial charge in [0.05, 0.1) is 39.9 Å². The van der Waals surface area contributed by atoms with Gasteiger partial charge in [-0.3, -0.25) is 13.8 Å². The minimum Gasteiger partial charge on any atom is -0.387 e. The fourth-order valence-electron chi connectivity index (χ4n) is 11.4. The summed E-state index contributed by atoms with van der Waals surface area (Å²) in [4.78, 5) is 23.4. The fourth-order valence-corrected chi connectivity index (χ4v) is 12.1. The molecular weight excluding hydrogens is 1040 g/mol. The molecule has 3 unspecified atom stereocenters. The summed E-state index contributed by atoms with van der Waals surface area (Å²) in [6.07, 6.45) is 87.5. The molecule has 0 rings (SSSR count). The minimum atomic E-state index is -4.36. The van der Waals surface area contributed by atoms with Crippen LogP contribution >= 0.6 is 7.82 Å². The number of likely N-dealkylation sites (N-methyl/N-ethyl adjacent to an activating group) is 1. The van der Waals surface area contributed by atoms with E-state index in [0.29, 0.717) is 17.4 Å². The zero-order valence-corrected chi connectivity index (χ0v) is 57.4. The Morgan fingerprint density at radius 3 is 0.964 bits per heavy atom. The van der Waals surface area contributed by atoms with Crippen molar-refractivity contribution >= 4 is 13.7 Å². The first-order valence-corrected chi connectivity index (χ1v) is 38.4. The van der Waals surface area contributed by atoms with E-state index in [2.05, 4.69) is 43.5 Å². The van der Waals surface area contributed by atoms with E-state index in [0.717, 1.165) is 38.5 Å². The maximum atomic E-state index is 13.1. The van der Waals surface area contributed by atoms with Crippen molar-refractivity contribution in [2.75, 3.05) is 40.9 Å². The van der Waals surface area contributed by atoms with E-state index in [4.69, 9.17) is 9.05 Å². The number of quaternary nitrogens is 1. The van der Waals surface area contributed by atoms with Crippen molar-refractivity contribution in [3.05, 3.63) is 36.5 Å². The van der Waals surface area contributed by atoms with Crippen LogP contribution in [0.4, 0.5) is 0 Å². The molecule has 1 amide bonds. The van der Waals surface area contributed by atoms with Gasteiger partial charge in [-0.15, -0.1) is 0 Å². The van der Waals surface area contributed by atoms with Gasteiger partial charge in [0, 0.05) is 6.42 Å². The molecule has 0 aromatic carbocycles. The van der Waals surface area contributed by atoms with Crippen molar-refractivity contribution in [1.82, 2.24) is 5.32 Å². The monoisotopic (exact) mass is 1190 g/mol. The second-order valence-corrected chi connectivity index (χ2v) is 28.1. The van der Waals surface area contributed by atoms with Crippen molar-refractivity contribution in [1.29, 1.82) is 0 Å². The maximum Gasteiger partial charge on any atom is 0.472 e. The smallest absolute Gasteiger partial charge is 0.387 e. The van der Waals surface area contributed by atoms with E-state index in [9.17, 15) is 19.4 Å². The number of allylic oxidation sites excluding steroid dienone is 5. The average Bonchev–Trinajstić information content (AvgIpc) is 3.50. The third-order valence-electron chi connectivity index (χ3n) is 17.1. The van der Waals surface area contributed by atoms with Gasteiger partial charge in [-0.05, 0) is 57.8 Å². The predicted molar refractivity (Wildman–Crippen MR) is 365 cm³/mol. The highest BCUT2D eigenvalue weighted by Crippen LogP contribution is 2.43. The van der Waals surface area contributed by atoms with Gasteiger partial charge in [-0.1, -0.05) is 352 Å². The molecule has 492 valence electrons. The first-order valence-electron chi connectivity index (χ1n) is 36.9. The van der Waals surface area contributed by atoms with E-state index in [1.807, 2.05) is 27.2 Å². The van der Waals surface area contributed by atoms with Gasteiger partial charge in [0.1, 0.15) is 13.2 Å². The second kappa shape index (κ2) is 65.2. The van der Waals surface area contributed by atoms with E-state index in [-0.39, 0.29) is 19.1 Å². The Labute approximate surface area is 518 Å². The zero-order valence-electron chi connectivity index (χ0n) is 56.5. The van der Waals surface area contributed by atoms with Crippen LogP contribution in [0.15, 0.2) is 36.5 Å². The quantitative estimate of drug-likeness (QED) is 0.0243. The Balaban J connectivity index is 3.98. The van der Waals surface area contributed by atoms with Crippen LogP contribution in [-0.4, -0.2) is 73.4 Å².